The summed E-state index contributed by atoms with van der Waals surface area (Å²) in [5.74, 6) is 2.22. The van der Waals surface area contributed by atoms with Crippen LogP contribution in [-0.4, -0.2) is 41.2 Å². The minimum Gasteiger partial charge on any atom is -0.366 e. The normalized spacial score (nSPS) is 22.7. The standard InChI is InChI=1S/C16H23N5OS/c1-3-23(22)14-6-4-5-13(11-14)17-15-7-8-16(19-18-15)21-10-9-12(2)20-21/h7-10,13-14H,3-6,11H2,1-2H3,(H,17,18). The number of anilines is 1. The second-order valence-electron chi connectivity index (χ2n) is 5.98. The van der Waals surface area contributed by atoms with E-state index in [9.17, 15) is 4.21 Å². The van der Waals surface area contributed by atoms with Gasteiger partial charge in [0.05, 0.1) is 5.69 Å². The van der Waals surface area contributed by atoms with E-state index in [1.54, 1.807) is 4.68 Å². The molecule has 1 saturated carbocycles. The molecule has 2 aromatic rings. The number of nitrogens with one attached hydrogen (secondary N) is 1. The molecule has 7 heteroatoms. The first-order valence-electron chi connectivity index (χ1n) is 8.16. The van der Waals surface area contributed by atoms with Crippen molar-refractivity contribution in [2.75, 3.05) is 11.1 Å². The van der Waals surface area contributed by atoms with Gasteiger partial charge < -0.3 is 5.32 Å². The first kappa shape index (κ1) is 16.1. The van der Waals surface area contributed by atoms with Crippen LogP contribution < -0.4 is 5.32 Å². The molecule has 124 valence electrons. The maximum absolute atomic E-state index is 12.0. The number of rotatable bonds is 5. The van der Waals surface area contributed by atoms with Gasteiger partial charge in [0.1, 0.15) is 5.82 Å². The SMILES string of the molecule is CCS(=O)C1CCCC(Nc2ccc(-n3ccc(C)n3)nn2)C1. The van der Waals surface area contributed by atoms with E-state index in [0.717, 1.165) is 42.9 Å². The van der Waals surface area contributed by atoms with Crippen LogP contribution in [0.2, 0.25) is 0 Å². The first-order chi connectivity index (χ1) is 11.2. The predicted molar refractivity (Wildman–Crippen MR) is 92.2 cm³/mol. The Morgan fingerprint density at radius 3 is 2.83 bits per heavy atom. The highest BCUT2D eigenvalue weighted by atomic mass is 32.2. The molecule has 23 heavy (non-hydrogen) atoms. The monoisotopic (exact) mass is 333 g/mol. The Balaban J connectivity index is 1.63. The number of aryl methyl sites for hydroxylation is 1. The molecule has 3 rings (SSSR count). The molecule has 2 aromatic heterocycles. The molecular formula is C16H23N5OS. The summed E-state index contributed by atoms with van der Waals surface area (Å²) in [5, 5.41) is 16.5. The Morgan fingerprint density at radius 1 is 1.30 bits per heavy atom. The largest absolute Gasteiger partial charge is 0.366 e. The quantitative estimate of drug-likeness (QED) is 0.910. The first-order valence-corrected chi connectivity index (χ1v) is 9.54. The van der Waals surface area contributed by atoms with E-state index in [4.69, 9.17) is 0 Å². The molecule has 6 nitrogen and oxygen atoms in total. The van der Waals surface area contributed by atoms with Gasteiger partial charge in [0, 0.05) is 34.0 Å². The van der Waals surface area contributed by atoms with Gasteiger partial charge in [-0.25, -0.2) is 4.68 Å². The summed E-state index contributed by atoms with van der Waals surface area (Å²) < 4.78 is 13.7. The lowest BCUT2D eigenvalue weighted by molar-refractivity contribution is 0.464. The molecule has 0 amide bonds. The molecule has 0 spiro atoms. The van der Waals surface area contributed by atoms with Crippen molar-refractivity contribution < 1.29 is 4.21 Å². The average molecular weight is 333 g/mol. The van der Waals surface area contributed by atoms with Gasteiger partial charge in [0.2, 0.25) is 0 Å². The molecular weight excluding hydrogens is 310 g/mol. The minimum absolute atomic E-state index is 0.311. The molecule has 0 aromatic carbocycles. The van der Waals surface area contributed by atoms with Crippen LogP contribution in [0.1, 0.15) is 38.3 Å². The van der Waals surface area contributed by atoms with E-state index in [2.05, 4.69) is 20.6 Å². The molecule has 3 unspecified atom stereocenters. The smallest absolute Gasteiger partial charge is 0.175 e. The summed E-state index contributed by atoms with van der Waals surface area (Å²) >= 11 is 0. The van der Waals surface area contributed by atoms with E-state index in [1.165, 1.54) is 0 Å². The maximum Gasteiger partial charge on any atom is 0.175 e. The lowest BCUT2D eigenvalue weighted by atomic mass is 9.95. The molecule has 1 N–H and O–H groups in total. The zero-order valence-corrected chi connectivity index (χ0v) is 14.4. The van der Waals surface area contributed by atoms with Gasteiger partial charge in [-0.05, 0) is 44.4 Å². The van der Waals surface area contributed by atoms with Crippen LogP contribution in [0.4, 0.5) is 5.82 Å². The molecule has 3 atom stereocenters. The van der Waals surface area contributed by atoms with Gasteiger partial charge in [-0.15, -0.1) is 10.2 Å². The molecule has 0 radical (unpaired) electrons. The Hall–Kier alpha value is -1.76. The lowest BCUT2D eigenvalue weighted by Gasteiger charge is -2.29. The Labute approximate surface area is 139 Å². The highest BCUT2D eigenvalue weighted by Crippen LogP contribution is 2.25. The van der Waals surface area contributed by atoms with Gasteiger partial charge in [0.15, 0.2) is 5.82 Å². The zero-order valence-electron chi connectivity index (χ0n) is 13.6. The number of nitrogens with zero attached hydrogens (tertiary/aromatic N) is 4. The van der Waals surface area contributed by atoms with E-state index in [-0.39, 0.29) is 0 Å². The lowest BCUT2D eigenvalue weighted by Crippen LogP contribution is -2.33. The summed E-state index contributed by atoms with van der Waals surface area (Å²) in [5.41, 5.74) is 0.950. The summed E-state index contributed by atoms with van der Waals surface area (Å²) in [6.45, 7) is 3.94. The molecule has 1 aliphatic rings. The van der Waals surface area contributed by atoms with Crippen LogP contribution >= 0.6 is 0 Å². The minimum atomic E-state index is -0.706. The Morgan fingerprint density at radius 2 is 2.17 bits per heavy atom. The van der Waals surface area contributed by atoms with Crippen molar-refractivity contribution in [1.29, 1.82) is 0 Å². The number of hydrogen-bond donors (Lipinski definition) is 1. The van der Waals surface area contributed by atoms with Crippen LogP contribution in [0.5, 0.6) is 0 Å². The topological polar surface area (TPSA) is 72.7 Å². The van der Waals surface area contributed by atoms with Crippen LogP contribution in [0, 0.1) is 6.92 Å². The predicted octanol–water partition coefficient (Wildman–Crippen LogP) is 2.46. The van der Waals surface area contributed by atoms with E-state index in [0.29, 0.717) is 17.1 Å². The van der Waals surface area contributed by atoms with Crippen LogP contribution in [0.25, 0.3) is 5.82 Å². The second kappa shape index (κ2) is 7.21. The summed E-state index contributed by atoms with van der Waals surface area (Å²) in [6.07, 6.45) is 6.10. The Kier molecular flexibility index (Phi) is 5.05. The molecule has 0 bridgehead atoms. The van der Waals surface area contributed by atoms with Gasteiger partial charge in [-0.2, -0.15) is 5.10 Å². The fourth-order valence-electron chi connectivity index (χ4n) is 3.03. The molecule has 0 aliphatic heterocycles. The van der Waals surface area contributed by atoms with Crippen LogP contribution in [-0.2, 0) is 10.8 Å². The highest BCUT2D eigenvalue weighted by molar-refractivity contribution is 7.85. The Bertz CT molecular complexity index is 669. The fraction of sp³-hybridized carbons (Fsp3) is 0.562. The van der Waals surface area contributed by atoms with Crippen molar-refractivity contribution >= 4 is 16.6 Å². The fourth-order valence-corrected chi connectivity index (χ4v) is 4.37. The van der Waals surface area contributed by atoms with Crippen molar-refractivity contribution in [2.24, 2.45) is 0 Å². The van der Waals surface area contributed by atoms with Gasteiger partial charge in [-0.3, -0.25) is 4.21 Å². The van der Waals surface area contributed by atoms with Gasteiger partial charge in [-0.1, -0.05) is 13.3 Å². The number of aromatic nitrogens is 4. The van der Waals surface area contributed by atoms with Crippen molar-refractivity contribution in [3.8, 4) is 5.82 Å². The van der Waals surface area contributed by atoms with Crippen molar-refractivity contribution in [3.63, 3.8) is 0 Å². The molecule has 1 fully saturated rings. The second-order valence-corrected chi connectivity index (χ2v) is 7.98. The van der Waals surface area contributed by atoms with E-state index in [1.807, 2.05) is 38.2 Å². The maximum atomic E-state index is 12.0. The molecule has 1 aliphatic carbocycles. The zero-order chi connectivity index (χ0) is 16.2. The summed E-state index contributed by atoms with van der Waals surface area (Å²) in [4.78, 5) is 0. The van der Waals surface area contributed by atoms with Crippen molar-refractivity contribution in [1.82, 2.24) is 20.0 Å². The van der Waals surface area contributed by atoms with Gasteiger partial charge >= 0.3 is 0 Å². The molecule has 0 saturated heterocycles. The third kappa shape index (κ3) is 3.96. The molecule has 2 heterocycles. The number of hydrogen-bond acceptors (Lipinski definition) is 5. The van der Waals surface area contributed by atoms with Crippen LogP contribution in [0.3, 0.4) is 0 Å². The van der Waals surface area contributed by atoms with E-state index >= 15 is 0 Å². The van der Waals surface area contributed by atoms with Crippen molar-refractivity contribution in [3.05, 3.63) is 30.1 Å². The third-order valence-corrected chi connectivity index (χ3v) is 5.98. The third-order valence-electron chi connectivity index (χ3n) is 4.24. The summed E-state index contributed by atoms with van der Waals surface area (Å²) in [6, 6.07) is 6.10. The average Bonchev–Trinajstić information content (AvgIpc) is 3.01. The van der Waals surface area contributed by atoms with Crippen molar-refractivity contribution in [2.45, 2.75) is 50.8 Å². The van der Waals surface area contributed by atoms with Crippen LogP contribution in [0.15, 0.2) is 24.4 Å². The van der Waals surface area contributed by atoms with Gasteiger partial charge in [0.25, 0.3) is 0 Å². The summed E-state index contributed by atoms with van der Waals surface area (Å²) in [7, 11) is -0.706. The van der Waals surface area contributed by atoms with E-state index < -0.39 is 10.8 Å². The highest BCUT2D eigenvalue weighted by Gasteiger charge is 2.25.